The second-order valence-electron chi connectivity index (χ2n) is 6.18. The summed E-state index contributed by atoms with van der Waals surface area (Å²) in [6.07, 6.45) is 0. The van der Waals surface area contributed by atoms with Crippen LogP contribution in [0.2, 0.25) is 0 Å². The number of ether oxygens (including phenoxy) is 4. The Labute approximate surface area is 157 Å². The summed E-state index contributed by atoms with van der Waals surface area (Å²) in [5.41, 5.74) is 2.61. The van der Waals surface area contributed by atoms with E-state index in [0.717, 1.165) is 11.1 Å². The lowest BCUT2D eigenvalue weighted by atomic mass is 10.1. The van der Waals surface area contributed by atoms with Gasteiger partial charge in [-0.2, -0.15) is 0 Å². The van der Waals surface area contributed by atoms with Crippen molar-refractivity contribution in [2.24, 2.45) is 0 Å². The van der Waals surface area contributed by atoms with Crippen molar-refractivity contribution in [1.82, 2.24) is 0 Å². The van der Waals surface area contributed by atoms with Gasteiger partial charge >= 0.3 is 5.97 Å². The third kappa shape index (κ3) is 5.37. The molecule has 7 nitrogen and oxygen atoms in total. The molecule has 1 N–H and O–H groups in total. The number of fused-ring (bicyclic) bond motifs is 1. The highest BCUT2D eigenvalue weighted by molar-refractivity contribution is 5.93. The van der Waals surface area contributed by atoms with Crippen LogP contribution in [0.15, 0.2) is 36.4 Å². The van der Waals surface area contributed by atoms with Gasteiger partial charge in [-0.3, -0.25) is 4.79 Å². The van der Waals surface area contributed by atoms with Crippen LogP contribution in [-0.2, 0) is 14.3 Å². The molecule has 1 amide bonds. The van der Waals surface area contributed by atoms with Gasteiger partial charge in [0.15, 0.2) is 24.7 Å². The summed E-state index contributed by atoms with van der Waals surface area (Å²) in [6, 6.07) is 10.7. The Bertz CT molecular complexity index is 828. The summed E-state index contributed by atoms with van der Waals surface area (Å²) in [7, 11) is 0. The van der Waals surface area contributed by atoms with E-state index in [9.17, 15) is 9.59 Å². The number of nitrogens with one attached hydrogen (secondary N) is 1. The summed E-state index contributed by atoms with van der Waals surface area (Å²) >= 11 is 0. The molecule has 3 rings (SSSR count). The van der Waals surface area contributed by atoms with E-state index in [0.29, 0.717) is 36.1 Å². The first-order chi connectivity index (χ1) is 13.0. The number of benzene rings is 2. The molecule has 0 aromatic heterocycles. The van der Waals surface area contributed by atoms with Crippen molar-refractivity contribution < 1.29 is 28.5 Å². The van der Waals surface area contributed by atoms with Crippen LogP contribution in [0.1, 0.15) is 11.1 Å². The molecule has 2 aromatic carbocycles. The Kier molecular flexibility index (Phi) is 5.80. The molecule has 0 saturated carbocycles. The van der Waals surface area contributed by atoms with E-state index in [-0.39, 0.29) is 6.61 Å². The molecule has 0 saturated heterocycles. The quantitative estimate of drug-likeness (QED) is 0.786. The number of anilines is 1. The first-order valence-electron chi connectivity index (χ1n) is 8.56. The minimum Gasteiger partial charge on any atom is -0.486 e. The lowest BCUT2D eigenvalue weighted by molar-refractivity contribution is -0.149. The fourth-order valence-electron chi connectivity index (χ4n) is 2.66. The van der Waals surface area contributed by atoms with Gasteiger partial charge in [-0.15, -0.1) is 0 Å². The first kappa shape index (κ1) is 18.6. The van der Waals surface area contributed by atoms with E-state index < -0.39 is 18.5 Å². The number of carbonyl (C=O) groups is 2. The van der Waals surface area contributed by atoms with Crippen molar-refractivity contribution >= 4 is 17.6 Å². The molecule has 0 radical (unpaired) electrons. The van der Waals surface area contributed by atoms with Crippen molar-refractivity contribution in [1.29, 1.82) is 0 Å². The normalized spacial score (nSPS) is 12.2. The number of hydrogen-bond donors (Lipinski definition) is 1. The SMILES string of the molecule is Cc1cc(C)cc(OCC(=O)OCC(=O)Nc2ccc3c(c2)OCCO3)c1. The Morgan fingerprint density at radius 2 is 1.67 bits per heavy atom. The van der Waals surface area contributed by atoms with Crippen LogP contribution in [0.5, 0.6) is 17.2 Å². The largest absolute Gasteiger partial charge is 0.486 e. The number of rotatable bonds is 6. The number of esters is 1. The van der Waals surface area contributed by atoms with Gasteiger partial charge < -0.3 is 24.3 Å². The number of carbonyl (C=O) groups excluding carboxylic acids is 2. The standard InChI is InChI=1S/C20H21NO6/c1-13-7-14(2)9-16(8-13)26-12-20(23)27-11-19(22)21-15-3-4-17-18(10-15)25-6-5-24-17/h3-4,7-10H,5-6,11-12H2,1-2H3,(H,21,22). The molecular formula is C20H21NO6. The highest BCUT2D eigenvalue weighted by Crippen LogP contribution is 2.32. The van der Waals surface area contributed by atoms with Crippen molar-refractivity contribution in [2.75, 3.05) is 31.7 Å². The number of amides is 1. The van der Waals surface area contributed by atoms with Crippen LogP contribution in [0, 0.1) is 13.8 Å². The van der Waals surface area contributed by atoms with Gasteiger partial charge in [-0.1, -0.05) is 6.07 Å². The molecule has 0 spiro atoms. The molecule has 0 atom stereocenters. The Morgan fingerprint density at radius 1 is 0.963 bits per heavy atom. The number of hydrogen-bond acceptors (Lipinski definition) is 6. The maximum atomic E-state index is 11.9. The maximum Gasteiger partial charge on any atom is 0.344 e. The van der Waals surface area contributed by atoms with Gasteiger partial charge in [0.1, 0.15) is 19.0 Å². The third-order valence-electron chi connectivity index (χ3n) is 3.74. The maximum absolute atomic E-state index is 11.9. The predicted molar refractivity (Wildman–Crippen MR) is 98.4 cm³/mol. The monoisotopic (exact) mass is 371 g/mol. The molecule has 2 aromatic rings. The fraction of sp³-hybridized carbons (Fsp3) is 0.300. The highest BCUT2D eigenvalue weighted by Gasteiger charge is 2.14. The Morgan fingerprint density at radius 3 is 2.41 bits per heavy atom. The second kappa shape index (κ2) is 8.44. The van der Waals surface area contributed by atoms with Crippen LogP contribution >= 0.6 is 0 Å². The molecule has 1 aliphatic rings. The van der Waals surface area contributed by atoms with E-state index in [4.69, 9.17) is 18.9 Å². The summed E-state index contributed by atoms with van der Waals surface area (Å²) in [4.78, 5) is 23.7. The molecule has 27 heavy (non-hydrogen) atoms. The van der Waals surface area contributed by atoms with Gasteiger partial charge in [0.2, 0.25) is 0 Å². The first-order valence-corrected chi connectivity index (χ1v) is 8.56. The van der Waals surface area contributed by atoms with Crippen molar-refractivity contribution in [3.05, 3.63) is 47.5 Å². The zero-order valence-electron chi connectivity index (χ0n) is 15.2. The van der Waals surface area contributed by atoms with Gasteiger partial charge in [0.25, 0.3) is 5.91 Å². The molecule has 1 aliphatic heterocycles. The molecular weight excluding hydrogens is 350 g/mol. The van der Waals surface area contributed by atoms with E-state index in [2.05, 4.69) is 5.32 Å². The number of aryl methyl sites for hydroxylation is 2. The van der Waals surface area contributed by atoms with Gasteiger partial charge in [-0.05, 0) is 49.2 Å². The molecule has 0 aliphatic carbocycles. The molecule has 0 unspecified atom stereocenters. The van der Waals surface area contributed by atoms with Crippen molar-refractivity contribution in [2.45, 2.75) is 13.8 Å². The topological polar surface area (TPSA) is 83.1 Å². The molecule has 1 heterocycles. The molecule has 7 heteroatoms. The van der Waals surface area contributed by atoms with Gasteiger partial charge in [0, 0.05) is 11.8 Å². The summed E-state index contributed by atoms with van der Waals surface area (Å²) in [6.45, 7) is 4.19. The fourth-order valence-corrected chi connectivity index (χ4v) is 2.66. The summed E-state index contributed by atoms with van der Waals surface area (Å²) in [5, 5.41) is 2.64. The van der Waals surface area contributed by atoms with E-state index in [1.54, 1.807) is 18.2 Å². The van der Waals surface area contributed by atoms with Crippen molar-refractivity contribution in [3.63, 3.8) is 0 Å². The second-order valence-corrected chi connectivity index (χ2v) is 6.18. The van der Waals surface area contributed by atoms with Crippen LogP contribution in [0.3, 0.4) is 0 Å². The van der Waals surface area contributed by atoms with E-state index in [1.807, 2.05) is 32.0 Å². The Hall–Kier alpha value is -3.22. The highest BCUT2D eigenvalue weighted by atomic mass is 16.6. The summed E-state index contributed by atoms with van der Waals surface area (Å²) < 4.78 is 21.2. The average Bonchev–Trinajstić information content (AvgIpc) is 2.64. The molecule has 142 valence electrons. The minimum atomic E-state index is -0.619. The smallest absolute Gasteiger partial charge is 0.344 e. The summed E-state index contributed by atoms with van der Waals surface area (Å²) in [5.74, 6) is 0.718. The van der Waals surface area contributed by atoms with Crippen LogP contribution < -0.4 is 19.5 Å². The lowest BCUT2D eigenvalue weighted by Crippen LogP contribution is -2.24. The molecule has 0 bridgehead atoms. The minimum absolute atomic E-state index is 0.264. The Balaban J connectivity index is 1.44. The zero-order chi connectivity index (χ0) is 19.2. The van der Waals surface area contributed by atoms with E-state index >= 15 is 0 Å². The predicted octanol–water partition coefficient (Wildman–Crippen LogP) is 2.64. The zero-order valence-corrected chi connectivity index (χ0v) is 15.2. The average molecular weight is 371 g/mol. The van der Waals surface area contributed by atoms with Crippen LogP contribution in [-0.4, -0.2) is 38.3 Å². The lowest BCUT2D eigenvalue weighted by Gasteiger charge is -2.19. The van der Waals surface area contributed by atoms with Crippen molar-refractivity contribution in [3.8, 4) is 17.2 Å². The van der Waals surface area contributed by atoms with Crippen LogP contribution in [0.4, 0.5) is 5.69 Å². The van der Waals surface area contributed by atoms with Gasteiger partial charge in [-0.25, -0.2) is 4.79 Å². The van der Waals surface area contributed by atoms with Crippen LogP contribution in [0.25, 0.3) is 0 Å². The van der Waals surface area contributed by atoms with Gasteiger partial charge in [0.05, 0.1) is 0 Å². The molecule has 0 fully saturated rings. The third-order valence-corrected chi connectivity index (χ3v) is 3.74. The van der Waals surface area contributed by atoms with E-state index in [1.165, 1.54) is 0 Å².